The number of nitrogens with one attached hydrogen (secondary N) is 1. The van der Waals surface area contributed by atoms with Crippen LogP contribution in [-0.4, -0.2) is 46.0 Å². The van der Waals surface area contributed by atoms with Gasteiger partial charge in [-0.25, -0.2) is 14.6 Å². The average molecular weight is 402 g/mol. The predicted octanol–water partition coefficient (Wildman–Crippen LogP) is 3.29. The molecule has 1 aliphatic rings. The lowest BCUT2D eigenvalue weighted by Gasteiger charge is -2.23. The maximum atomic E-state index is 12.0. The number of anilines is 1. The second-order valence-electron chi connectivity index (χ2n) is 5.74. The van der Waals surface area contributed by atoms with Gasteiger partial charge in [0.2, 0.25) is 0 Å². The van der Waals surface area contributed by atoms with Crippen molar-refractivity contribution in [1.82, 2.24) is 9.88 Å². The van der Waals surface area contributed by atoms with Crippen molar-refractivity contribution < 1.29 is 24.3 Å². The lowest BCUT2D eigenvalue weighted by atomic mass is 10.1. The van der Waals surface area contributed by atoms with E-state index in [1.165, 1.54) is 17.4 Å². The Morgan fingerprint density at radius 1 is 1.36 bits per heavy atom. The topological polar surface area (TPSA) is 113 Å². The van der Waals surface area contributed by atoms with E-state index in [9.17, 15) is 14.7 Å². The highest BCUT2D eigenvalue weighted by Gasteiger charge is 2.29. The third-order valence-corrected chi connectivity index (χ3v) is 4.76. The van der Waals surface area contributed by atoms with E-state index in [4.69, 9.17) is 9.57 Å². The van der Waals surface area contributed by atoms with Crippen LogP contribution in [0.2, 0.25) is 0 Å². The van der Waals surface area contributed by atoms with Crippen LogP contribution in [0.4, 0.5) is 14.7 Å². The van der Waals surface area contributed by atoms with E-state index < -0.39 is 12.2 Å². The molecule has 0 atom stereocenters. The van der Waals surface area contributed by atoms with Crippen molar-refractivity contribution in [3.8, 4) is 0 Å². The molecule has 2 heterocycles. The number of hydrogen-bond acceptors (Lipinski definition) is 7. The Bertz CT molecular complexity index is 897. The van der Waals surface area contributed by atoms with Gasteiger partial charge in [-0.05, 0) is 5.56 Å². The highest BCUT2D eigenvalue weighted by atomic mass is 32.1. The zero-order chi connectivity index (χ0) is 19.9. The minimum atomic E-state index is -1.09. The molecule has 0 unspecified atom stereocenters. The summed E-state index contributed by atoms with van der Waals surface area (Å²) in [5.41, 5.74) is 1.79. The van der Waals surface area contributed by atoms with Crippen LogP contribution in [0.15, 0.2) is 48.1 Å². The van der Waals surface area contributed by atoms with Crippen molar-refractivity contribution in [3.63, 3.8) is 0 Å². The molecule has 0 saturated heterocycles. The summed E-state index contributed by atoms with van der Waals surface area (Å²) in [7, 11) is 0. The van der Waals surface area contributed by atoms with Crippen LogP contribution in [0.3, 0.4) is 0 Å². The zero-order valence-corrected chi connectivity index (χ0v) is 15.6. The molecule has 146 valence electrons. The normalized spacial score (nSPS) is 14.3. The molecule has 2 amide bonds. The van der Waals surface area contributed by atoms with Crippen LogP contribution in [0.1, 0.15) is 16.1 Å². The van der Waals surface area contributed by atoms with Gasteiger partial charge < -0.3 is 14.7 Å². The fourth-order valence-electron chi connectivity index (χ4n) is 2.45. The van der Waals surface area contributed by atoms with Gasteiger partial charge >= 0.3 is 12.2 Å². The maximum absolute atomic E-state index is 12.0. The Kier molecular flexibility index (Phi) is 6.22. The van der Waals surface area contributed by atoms with Crippen molar-refractivity contribution in [2.75, 3.05) is 18.5 Å². The smallest absolute Gasteiger partial charge is 0.413 e. The molecule has 10 heteroatoms. The molecule has 0 bridgehead atoms. The maximum Gasteiger partial charge on any atom is 0.413 e. The summed E-state index contributed by atoms with van der Waals surface area (Å²) in [4.78, 5) is 34.6. The summed E-state index contributed by atoms with van der Waals surface area (Å²) in [5, 5.41) is 16.1. The van der Waals surface area contributed by atoms with Crippen LogP contribution in [0, 0.1) is 0 Å². The lowest BCUT2D eigenvalue weighted by molar-refractivity contribution is 0.144. The molecule has 0 radical (unpaired) electrons. The first kappa shape index (κ1) is 19.4. The third-order valence-electron chi connectivity index (χ3n) is 3.70. The van der Waals surface area contributed by atoms with E-state index in [1.54, 1.807) is 0 Å². The zero-order valence-electron chi connectivity index (χ0n) is 14.8. The van der Waals surface area contributed by atoms with Crippen molar-refractivity contribution in [2.45, 2.75) is 13.2 Å². The standard InChI is InChI=1S/C18H18N4O5S/c1-2-8-27-21-14-10-22(18(24)25)9-13-15(14)28-16(19-13)20-17(23)26-11-12-6-4-3-5-7-12/h2-7H,1,8-11H2,(H,24,25)(H,19,20,23). The number of thiazole rings is 1. The number of carboxylic acid groups (broad SMARTS) is 1. The fourth-order valence-corrected chi connectivity index (χ4v) is 3.38. The third kappa shape index (κ3) is 4.86. The summed E-state index contributed by atoms with van der Waals surface area (Å²) < 4.78 is 5.18. The summed E-state index contributed by atoms with van der Waals surface area (Å²) in [5.74, 6) is 0. The van der Waals surface area contributed by atoms with Gasteiger partial charge in [-0.15, -0.1) is 0 Å². The quantitative estimate of drug-likeness (QED) is 0.435. The summed E-state index contributed by atoms with van der Waals surface area (Å²) in [6.07, 6.45) is -0.205. The second kappa shape index (κ2) is 9.00. The van der Waals surface area contributed by atoms with E-state index in [-0.39, 0.29) is 26.3 Å². The highest BCUT2D eigenvalue weighted by molar-refractivity contribution is 7.17. The van der Waals surface area contributed by atoms with Crippen molar-refractivity contribution >= 4 is 34.4 Å². The van der Waals surface area contributed by atoms with E-state index in [2.05, 4.69) is 22.0 Å². The molecule has 1 aromatic carbocycles. The minimum Gasteiger partial charge on any atom is -0.465 e. The van der Waals surface area contributed by atoms with Crippen LogP contribution in [0.25, 0.3) is 0 Å². The molecule has 0 fully saturated rings. The SMILES string of the molecule is C=CCON=C1CN(C(=O)O)Cc2nc(NC(=O)OCc3ccccc3)sc21. The Morgan fingerprint density at radius 2 is 2.14 bits per heavy atom. The largest absolute Gasteiger partial charge is 0.465 e. The van der Waals surface area contributed by atoms with Gasteiger partial charge in [-0.3, -0.25) is 10.2 Å². The van der Waals surface area contributed by atoms with E-state index in [0.29, 0.717) is 21.4 Å². The number of rotatable bonds is 6. The van der Waals surface area contributed by atoms with Gasteiger partial charge in [0.1, 0.15) is 18.9 Å². The van der Waals surface area contributed by atoms with E-state index >= 15 is 0 Å². The monoisotopic (exact) mass is 402 g/mol. The second-order valence-corrected chi connectivity index (χ2v) is 6.74. The van der Waals surface area contributed by atoms with Crippen molar-refractivity contribution in [3.05, 3.63) is 59.1 Å². The molecule has 2 N–H and O–H groups in total. The number of aromatic nitrogens is 1. The number of fused-ring (bicyclic) bond motifs is 1. The Morgan fingerprint density at radius 3 is 2.86 bits per heavy atom. The number of amides is 2. The fraction of sp³-hybridized carbons (Fsp3) is 0.222. The Hall–Kier alpha value is -3.40. The van der Waals surface area contributed by atoms with Gasteiger partial charge in [0.15, 0.2) is 5.13 Å². The molecule has 0 spiro atoms. The van der Waals surface area contributed by atoms with Crippen LogP contribution in [0.5, 0.6) is 0 Å². The molecule has 0 saturated carbocycles. The van der Waals surface area contributed by atoms with E-state index in [1.807, 2.05) is 30.3 Å². The molecular formula is C18H18N4O5S. The molecule has 9 nitrogen and oxygen atoms in total. The first-order chi connectivity index (χ1) is 13.6. The first-order valence-electron chi connectivity index (χ1n) is 8.32. The Labute approximate surface area is 164 Å². The van der Waals surface area contributed by atoms with Crippen molar-refractivity contribution in [2.24, 2.45) is 5.16 Å². The van der Waals surface area contributed by atoms with Gasteiger partial charge in [-0.1, -0.05) is 59.5 Å². The molecule has 3 rings (SSSR count). The number of carbonyl (C=O) groups is 2. The summed E-state index contributed by atoms with van der Waals surface area (Å²) in [6, 6.07) is 9.29. The van der Waals surface area contributed by atoms with Gasteiger partial charge in [0.05, 0.1) is 23.7 Å². The minimum absolute atomic E-state index is 0.0690. The molecule has 1 aromatic heterocycles. The summed E-state index contributed by atoms with van der Waals surface area (Å²) >= 11 is 1.19. The number of hydrogen-bond donors (Lipinski definition) is 2. The highest BCUT2D eigenvalue weighted by Crippen LogP contribution is 2.29. The lowest BCUT2D eigenvalue weighted by Crippen LogP contribution is -2.38. The summed E-state index contributed by atoms with van der Waals surface area (Å²) in [6.45, 7) is 4.03. The number of nitrogens with zero attached hydrogens (tertiary/aromatic N) is 3. The molecule has 2 aromatic rings. The van der Waals surface area contributed by atoms with Gasteiger partial charge in [-0.2, -0.15) is 0 Å². The number of ether oxygens (including phenoxy) is 1. The van der Waals surface area contributed by atoms with Crippen LogP contribution >= 0.6 is 11.3 Å². The molecule has 1 aliphatic heterocycles. The predicted molar refractivity (Wildman–Crippen MR) is 103 cm³/mol. The Balaban J connectivity index is 1.70. The number of benzene rings is 1. The number of oxime groups is 1. The first-order valence-corrected chi connectivity index (χ1v) is 9.14. The van der Waals surface area contributed by atoms with Crippen LogP contribution in [-0.2, 0) is 22.7 Å². The van der Waals surface area contributed by atoms with E-state index in [0.717, 1.165) is 10.5 Å². The van der Waals surface area contributed by atoms with Gasteiger partial charge in [0, 0.05) is 0 Å². The molecule has 0 aliphatic carbocycles. The molecular weight excluding hydrogens is 384 g/mol. The van der Waals surface area contributed by atoms with Crippen LogP contribution < -0.4 is 5.32 Å². The number of carbonyl (C=O) groups excluding carboxylic acids is 1. The molecule has 28 heavy (non-hydrogen) atoms. The average Bonchev–Trinajstić information content (AvgIpc) is 3.09. The van der Waals surface area contributed by atoms with Gasteiger partial charge in [0.25, 0.3) is 0 Å². The van der Waals surface area contributed by atoms with Crippen molar-refractivity contribution in [1.29, 1.82) is 0 Å².